The summed E-state index contributed by atoms with van der Waals surface area (Å²) in [5.74, 6) is 1.78. The minimum Gasteiger partial charge on any atom is -0.457 e. The second-order valence-electron chi connectivity index (χ2n) is 17.2. The molecule has 9 aromatic carbocycles. The van der Waals surface area contributed by atoms with Gasteiger partial charge in [-0.3, -0.25) is 0 Å². The molecule has 0 bridgehead atoms. The summed E-state index contributed by atoms with van der Waals surface area (Å²) in [5.41, 5.74) is 18.2. The zero-order valence-electron chi connectivity index (χ0n) is 35.9. The second-order valence-corrected chi connectivity index (χ2v) is 17.2. The number of rotatable bonds is 6. The number of hydrogen-bond acceptors (Lipinski definition) is 1. The third-order valence-corrected chi connectivity index (χ3v) is 13.9. The molecule has 3 heterocycles. The summed E-state index contributed by atoms with van der Waals surface area (Å²) in [5, 5.41) is 4.94. The van der Waals surface area contributed by atoms with Crippen LogP contribution >= 0.6 is 0 Å². The molecule has 3 heteroatoms. The van der Waals surface area contributed by atoms with E-state index in [4.69, 9.17) is 11.3 Å². The van der Waals surface area contributed by atoms with Gasteiger partial charge in [0.05, 0.1) is 27.5 Å². The molecule has 0 amide bonds. The summed E-state index contributed by atoms with van der Waals surface area (Å²) in [4.78, 5) is 0. The van der Waals surface area contributed by atoms with E-state index in [1.807, 2.05) is 0 Å². The van der Waals surface area contributed by atoms with E-state index in [0.29, 0.717) is 0 Å². The van der Waals surface area contributed by atoms with Crippen LogP contribution < -0.4 is 4.74 Å². The van der Waals surface area contributed by atoms with Gasteiger partial charge in [0, 0.05) is 44.1 Å². The molecule has 2 aliphatic rings. The SMILES string of the molecule is C=C(/C=C\C(=C/C)n1c2ccccc2c2cc(-c3ccc4c(c3)c3ccccc3n4-c3ccccc3)ccc21)c1cccc2c1-c1ccccc1C21c2ccccc2Oc2ccccc21. The summed E-state index contributed by atoms with van der Waals surface area (Å²) in [6.45, 7) is 6.89. The van der Waals surface area contributed by atoms with Gasteiger partial charge in [0.1, 0.15) is 11.5 Å². The molecule has 65 heavy (non-hydrogen) atoms. The van der Waals surface area contributed by atoms with Gasteiger partial charge in [-0.05, 0) is 118 Å². The van der Waals surface area contributed by atoms with Crippen molar-refractivity contribution in [2.45, 2.75) is 12.3 Å². The molecule has 0 N–H and O–H groups in total. The van der Waals surface area contributed by atoms with E-state index in [2.05, 4.69) is 241 Å². The Kier molecular flexibility index (Phi) is 8.19. The lowest BCUT2D eigenvalue weighted by Gasteiger charge is -2.39. The van der Waals surface area contributed by atoms with Crippen molar-refractivity contribution >= 4 is 54.9 Å². The average Bonchev–Trinajstić information content (AvgIpc) is 3.98. The highest BCUT2D eigenvalue weighted by Crippen LogP contribution is 2.63. The molecule has 11 aromatic rings. The second kappa shape index (κ2) is 14.3. The van der Waals surface area contributed by atoms with E-state index >= 15 is 0 Å². The number of nitrogens with zero attached hydrogens (tertiary/aromatic N) is 2. The summed E-state index contributed by atoms with van der Waals surface area (Å²) in [6, 6.07) is 74.6. The third kappa shape index (κ3) is 5.30. The fourth-order valence-corrected chi connectivity index (χ4v) is 11.2. The van der Waals surface area contributed by atoms with Crippen LogP contribution in [-0.4, -0.2) is 9.13 Å². The number of para-hydroxylation sites is 5. The topological polar surface area (TPSA) is 19.1 Å². The van der Waals surface area contributed by atoms with Crippen molar-refractivity contribution in [1.82, 2.24) is 9.13 Å². The predicted molar refractivity (Wildman–Crippen MR) is 271 cm³/mol. The van der Waals surface area contributed by atoms with Crippen LogP contribution in [0.3, 0.4) is 0 Å². The summed E-state index contributed by atoms with van der Waals surface area (Å²) in [6.07, 6.45) is 6.63. The van der Waals surface area contributed by atoms with Gasteiger partial charge in [0.2, 0.25) is 0 Å². The highest BCUT2D eigenvalue weighted by molar-refractivity contribution is 6.13. The van der Waals surface area contributed by atoms with Crippen molar-refractivity contribution in [1.29, 1.82) is 0 Å². The molecule has 0 saturated heterocycles. The molecule has 0 radical (unpaired) electrons. The Bertz CT molecular complexity index is 3790. The zero-order valence-corrected chi connectivity index (χ0v) is 35.9. The van der Waals surface area contributed by atoms with Gasteiger partial charge in [0.15, 0.2) is 0 Å². The van der Waals surface area contributed by atoms with Crippen LogP contribution in [-0.2, 0) is 5.41 Å². The molecule has 0 fully saturated rings. The van der Waals surface area contributed by atoms with Crippen LogP contribution in [0, 0.1) is 0 Å². The van der Waals surface area contributed by atoms with E-state index in [1.165, 1.54) is 66.0 Å². The van der Waals surface area contributed by atoms with Gasteiger partial charge >= 0.3 is 0 Å². The summed E-state index contributed by atoms with van der Waals surface area (Å²) in [7, 11) is 0. The lowest BCUT2D eigenvalue weighted by atomic mass is 9.66. The fraction of sp³-hybridized carbons (Fsp3) is 0.0323. The van der Waals surface area contributed by atoms with Crippen molar-refractivity contribution in [2.75, 3.05) is 0 Å². The molecular formula is C62H42N2O. The number of hydrogen-bond donors (Lipinski definition) is 0. The van der Waals surface area contributed by atoms with Crippen LogP contribution in [0.5, 0.6) is 11.5 Å². The lowest BCUT2D eigenvalue weighted by Crippen LogP contribution is -2.32. The highest BCUT2D eigenvalue weighted by Gasteiger charge is 2.51. The Morgan fingerprint density at radius 2 is 1.02 bits per heavy atom. The lowest BCUT2D eigenvalue weighted by molar-refractivity contribution is 0.436. The Morgan fingerprint density at radius 3 is 1.74 bits per heavy atom. The van der Waals surface area contributed by atoms with E-state index in [0.717, 1.165) is 56.2 Å². The standard InChI is InChI=1S/C62H42N2O/c1-3-43(35-32-40(2)45-23-17-27-54-61(45)48-22-7-10-24-51(48)62(54)52-25-11-15-30-59(52)65-60-31-16-12-26-53(60)62)63-55-28-13-8-20-46(55)49-38-41(33-36-57(49)63)42-34-37-58-50(39-42)47-21-9-14-29-56(47)64(58)44-18-5-4-6-19-44/h3-39H,2H2,1H3/b35-32-,43-3+. The van der Waals surface area contributed by atoms with Gasteiger partial charge in [-0.15, -0.1) is 0 Å². The Labute approximate surface area is 377 Å². The van der Waals surface area contributed by atoms with Gasteiger partial charge in [0.25, 0.3) is 0 Å². The monoisotopic (exact) mass is 830 g/mol. The first-order chi connectivity index (χ1) is 32.1. The van der Waals surface area contributed by atoms with Gasteiger partial charge in [-0.1, -0.05) is 164 Å². The molecule has 1 aliphatic heterocycles. The van der Waals surface area contributed by atoms with Crippen LogP contribution in [0.4, 0.5) is 0 Å². The minimum absolute atomic E-state index is 0.527. The molecule has 13 rings (SSSR count). The van der Waals surface area contributed by atoms with Crippen LogP contribution in [0.15, 0.2) is 231 Å². The summed E-state index contributed by atoms with van der Waals surface area (Å²) < 4.78 is 11.3. The number of ether oxygens (including phenoxy) is 1. The van der Waals surface area contributed by atoms with Gasteiger partial charge < -0.3 is 13.9 Å². The third-order valence-electron chi connectivity index (χ3n) is 13.9. The maximum Gasteiger partial charge on any atom is 0.132 e. The quantitative estimate of drug-likeness (QED) is 0.153. The number of aromatic nitrogens is 2. The van der Waals surface area contributed by atoms with E-state index in [1.54, 1.807) is 0 Å². The van der Waals surface area contributed by atoms with Crippen molar-refractivity contribution < 1.29 is 4.74 Å². The van der Waals surface area contributed by atoms with E-state index < -0.39 is 5.41 Å². The van der Waals surface area contributed by atoms with Gasteiger partial charge in [-0.2, -0.15) is 0 Å². The molecule has 0 atom stereocenters. The van der Waals surface area contributed by atoms with Crippen molar-refractivity contribution in [3.8, 4) is 39.4 Å². The van der Waals surface area contributed by atoms with Crippen molar-refractivity contribution in [3.05, 3.63) is 259 Å². The molecule has 1 spiro atoms. The first-order valence-corrected chi connectivity index (χ1v) is 22.4. The Hall–Kier alpha value is -8.40. The molecular weight excluding hydrogens is 789 g/mol. The smallest absolute Gasteiger partial charge is 0.132 e. The first-order valence-electron chi connectivity index (χ1n) is 22.4. The Morgan fingerprint density at radius 1 is 0.477 bits per heavy atom. The Balaban J connectivity index is 0.907. The highest BCUT2D eigenvalue weighted by atomic mass is 16.5. The summed E-state index contributed by atoms with van der Waals surface area (Å²) >= 11 is 0. The average molecular weight is 831 g/mol. The number of allylic oxidation sites excluding steroid dienone is 5. The normalized spacial score (nSPS) is 13.6. The maximum absolute atomic E-state index is 6.58. The largest absolute Gasteiger partial charge is 0.457 e. The van der Waals surface area contributed by atoms with Gasteiger partial charge in [-0.25, -0.2) is 0 Å². The van der Waals surface area contributed by atoms with Crippen LogP contribution in [0.25, 0.3) is 82.8 Å². The molecule has 1 aliphatic carbocycles. The van der Waals surface area contributed by atoms with E-state index in [-0.39, 0.29) is 0 Å². The first kappa shape index (κ1) is 37.2. The number of benzene rings is 9. The minimum atomic E-state index is -0.527. The maximum atomic E-state index is 6.58. The van der Waals surface area contributed by atoms with Crippen molar-refractivity contribution in [2.24, 2.45) is 0 Å². The molecule has 0 unspecified atom stereocenters. The molecule has 0 saturated carbocycles. The van der Waals surface area contributed by atoms with Crippen LogP contribution in [0.2, 0.25) is 0 Å². The molecule has 2 aromatic heterocycles. The van der Waals surface area contributed by atoms with E-state index in [9.17, 15) is 0 Å². The van der Waals surface area contributed by atoms with Crippen LogP contribution in [0.1, 0.15) is 34.7 Å². The van der Waals surface area contributed by atoms with Crippen molar-refractivity contribution in [3.63, 3.8) is 0 Å². The molecule has 3 nitrogen and oxygen atoms in total. The fourth-order valence-electron chi connectivity index (χ4n) is 11.2. The predicted octanol–water partition coefficient (Wildman–Crippen LogP) is 16.2. The molecule has 306 valence electrons. The zero-order chi connectivity index (χ0) is 43.2. The number of fused-ring (bicyclic) bond motifs is 15.